The second kappa shape index (κ2) is 44.2. The quantitative estimate of drug-likeness (QED) is 0.0210. The summed E-state index contributed by atoms with van der Waals surface area (Å²) in [5.41, 5.74) is 24.3. The van der Waals surface area contributed by atoms with Crippen molar-refractivity contribution < 1.29 is 46.4 Å². The summed E-state index contributed by atoms with van der Waals surface area (Å²) in [6, 6.07) is 26.1. The van der Waals surface area contributed by atoms with Gasteiger partial charge in [-0.25, -0.2) is 23.8 Å². The third-order valence-electron chi connectivity index (χ3n) is 14.6. The van der Waals surface area contributed by atoms with Gasteiger partial charge in [0.2, 0.25) is 0 Å². The number of ketones is 1. The molecule has 0 radical (unpaired) electrons. The van der Waals surface area contributed by atoms with Crippen molar-refractivity contribution in [2.75, 3.05) is 79.3 Å². The molecule has 0 spiro atoms. The van der Waals surface area contributed by atoms with Crippen LogP contribution in [0, 0.1) is 148 Å². The van der Waals surface area contributed by atoms with Crippen LogP contribution in [0.15, 0.2) is 122 Å². The second-order valence-corrected chi connectivity index (χ2v) is 21.7. The number of imidazole rings is 2. The molecule has 25 heteroatoms. The number of fused-ring (bicyclic) bond motifs is 2. The molecular weight excluding hydrogens is 1340 g/mol. The van der Waals surface area contributed by atoms with Crippen molar-refractivity contribution in [3.8, 4) is 119 Å². The Morgan fingerprint density at radius 1 is 0.596 bits per heavy atom. The fourth-order valence-electron chi connectivity index (χ4n) is 9.38. The summed E-state index contributed by atoms with van der Waals surface area (Å²) >= 11 is 0. The van der Waals surface area contributed by atoms with Crippen LogP contribution < -0.4 is 5.73 Å². The van der Waals surface area contributed by atoms with Gasteiger partial charge in [-0.2, -0.15) is 36.5 Å². The molecule has 6 heterocycles. The number of hydrogen-bond acceptors (Lipinski definition) is 15. The number of alkyl halides is 6. The minimum absolute atomic E-state index is 0. The zero-order chi connectivity index (χ0) is 74.5. The minimum atomic E-state index is -4.50. The van der Waals surface area contributed by atoms with Gasteiger partial charge in [0, 0.05) is 122 Å². The van der Waals surface area contributed by atoms with Crippen molar-refractivity contribution in [1.82, 2.24) is 48.8 Å². The topological polar surface area (TPSA) is 237 Å². The number of nitrogens with one attached hydrogen (secondary N) is 1. The Kier molecular flexibility index (Phi) is 36.2. The molecule has 2 fully saturated rings. The molecule has 0 atom stereocenters. The summed E-state index contributed by atoms with van der Waals surface area (Å²) in [5, 5.41) is 8.46. The van der Waals surface area contributed by atoms with Gasteiger partial charge in [-0.05, 0) is 229 Å². The molecule has 0 unspecified atom stereocenters. The monoisotopic (exact) mass is 1420 g/mol. The van der Waals surface area contributed by atoms with Crippen molar-refractivity contribution in [2.24, 2.45) is 0 Å². The Bertz CT molecular complexity index is 5010. The minimum Gasteiger partial charge on any atom is -0.465 e. The van der Waals surface area contributed by atoms with E-state index in [0.717, 1.165) is 86.8 Å². The van der Waals surface area contributed by atoms with Gasteiger partial charge < -0.3 is 20.3 Å². The first kappa shape index (κ1) is 85.2. The van der Waals surface area contributed by atoms with Crippen molar-refractivity contribution >= 4 is 28.7 Å². The van der Waals surface area contributed by atoms with Crippen LogP contribution in [0.1, 0.15) is 110 Å². The summed E-state index contributed by atoms with van der Waals surface area (Å²) in [6.45, 7) is 12.5. The summed E-state index contributed by atoms with van der Waals surface area (Å²) in [4.78, 5) is 57.4. The van der Waals surface area contributed by atoms with E-state index in [2.05, 4.69) is 142 Å². The predicted octanol–water partition coefficient (Wildman–Crippen LogP) is 12.8. The standard InChI is InChI=1S/C30H28F3N5O.C17H13N3O2.C17H4.C13H18F3N3.2CH4.HN3.O2.4H2/c1-21-5-7-24(18-23(21)9-10-26-19-34-29-4-3-11-35-38(26)29)28(39)17-22-6-8-25(27(16-22)30(31,32)33)20-37-14-12-36(2)13-15-37;1-12-5-6-14(17(21)22-2)10-13(12)7-8-15-11-18-16-4-3-9-19-20(15)16;1-3-5-7-9-11-13-15-17-16-14-12-10-8-6-4-2;1-18-4-6-19(7-5-18)9-10-2-3-11(17)8-12(10)13(14,15)16;;;1-3-2;1-2;;;;/h3-8,11,16,18-19H,12-15,17,20H2,1-2H3;3-6,9-11H,1-2H3;1H,2H3;2-3,8H,4-7,9,17H2,1H3;2*1H4;1H;;4*1H. The largest absolute Gasteiger partial charge is 0.465 e. The molecule has 2 saturated heterocycles. The summed E-state index contributed by atoms with van der Waals surface area (Å²) < 4.78 is 88.8. The molecule has 2 aliphatic heterocycles. The lowest BCUT2D eigenvalue weighted by atomic mass is 9.96. The Labute approximate surface area is 607 Å². The molecule has 3 N–H and O–H groups in total. The molecule has 10 rings (SSSR count). The number of aromatic nitrogens is 6. The van der Waals surface area contributed by atoms with Crippen LogP contribution in [-0.2, 0) is 36.6 Å². The van der Waals surface area contributed by atoms with Crippen LogP contribution in [0.4, 0.5) is 32.0 Å². The van der Waals surface area contributed by atoms with E-state index in [1.165, 1.54) is 25.3 Å². The number of anilines is 1. The second-order valence-electron chi connectivity index (χ2n) is 21.7. The van der Waals surface area contributed by atoms with Gasteiger partial charge in [0.1, 0.15) is 11.4 Å². The number of carbonyl (C=O) groups is 2. The molecule has 538 valence electrons. The number of halogens is 6. The van der Waals surface area contributed by atoms with E-state index in [1.807, 2.05) is 62.0 Å². The van der Waals surface area contributed by atoms with Crippen LogP contribution in [0.2, 0.25) is 0 Å². The number of piperazine rings is 2. The molecule has 19 nitrogen and oxygen atoms in total. The smallest absolute Gasteiger partial charge is 0.416 e. The van der Waals surface area contributed by atoms with E-state index in [9.17, 15) is 35.9 Å². The molecule has 0 saturated carbocycles. The van der Waals surface area contributed by atoms with E-state index < -0.39 is 23.5 Å². The Hall–Kier alpha value is -13.0. The number of hydrogen-bond donors (Lipinski definition) is 2. The van der Waals surface area contributed by atoms with E-state index in [0.29, 0.717) is 51.4 Å². The molecule has 0 bridgehead atoms. The third-order valence-corrected chi connectivity index (χ3v) is 14.6. The van der Waals surface area contributed by atoms with Gasteiger partial charge in [-0.3, -0.25) is 14.6 Å². The number of nitrogens with zero attached hydrogens (tertiary/aromatic N) is 12. The highest BCUT2D eigenvalue weighted by Crippen LogP contribution is 2.35. The Morgan fingerprint density at radius 3 is 1.42 bits per heavy atom. The van der Waals surface area contributed by atoms with Crippen LogP contribution in [0.25, 0.3) is 21.7 Å². The lowest BCUT2D eigenvalue weighted by molar-refractivity contribution is -0.139. The molecule has 0 aliphatic carbocycles. The molecule has 8 aromatic rings. The van der Waals surface area contributed by atoms with Crippen LogP contribution >= 0.6 is 0 Å². The number of ether oxygens (including phenoxy) is 1. The number of nitrogen functional groups attached to an aromatic ring is 1. The fourth-order valence-corrected chi connectivity index (χ4v) is 9.38. The first-order valence-corrected chi connectivity index (χ1v) is 30.5. The van der Waals surface area contributed by atoms with Crippen molar-refractivity contribution in [1.29, 1.82) is 5.53 Å². The maximum Gasteiger partial charge on any atom is 0.416 e. The highest BCUT2D eigenvalue weighted by atomic mass is 19.4. The van der Waals surface area contributed by atoms with Crippen LogP contribution in [0.5, 0.6) is 0 Å². The van der Waals surface area contributed by atoms with Crippen LogP contribution in [0.3, 0.4) is 0 Å². The third kappa shape index (κ3) is 28.0. The number of aryl methyl sites for hydroxylation is 2. The zero-order valence-electron chi connectivity index (χ0n) is 56.2. The maximum absolute atomic E-state index is 14.0. The van der Waals surface area contributed by atoms with Gasteiger partial charge in [-0.15, -0.1) is 12.0 Å². The highest BCUT2D eigenvalue weighted by Gasteiger charge is 2.35. The van der Waals surface area contributed by atoms with E-state index in [1.54, 1.807) is 88.1 Å². The van der Waals surface area contributed by atoms with Crippen molar-refractivity contribution in [3.05, 3.63) is 215 Å². The molecule has 0 amide bonds. The maximum atomic E-state index is 14.0. The molecule has 2 aliphatic rings. The van der Waals surface area contributed by atoms with Crippen molar-refractivity contribution in [2.45, 2.75) is 67.5 Å². The molecular formula is C79H80F6N14O5. The van der Waals surface area contributed by atoms with Gasteiger partial charge in [-0.1, -0.05) is 69.0 Å². The van der Waals surface area contributed by atoms with Gasteiger partial charge in [0.25, 0.3) is 0 Å². The number of rotatable bonds is 8. The highest BCUT2D eigenvalue weighted by molar-refractivity contribution is 5.98. The lowest BCUT2D eigenvalue weighted by Gasteiger charge is -2.33. The summed E-state index contributed by atoms with van der Waals surface area (Å²) in [5.74, 6) is 48.5. The number of esters is 1. The summed E-state index contributed by atoms with van der Waals surface area (Å²) in [6.07, 6.45) is 2.54. The van der Waals surface area contributed by atoms with Gasteiger partial charge in [0.15, 0.2) is 17.1 Å². The SMILES string of the molecule is C.C.C#CC#CC#CC#CC#CC#CC#CC#CC.CN1CCN(Cc2ccc(N)cc2C(F)(F)F)CC1.COC(=O)c1ccc(C)c(C#Cc2cnc3cccnn23)c1.Cc1ccc(C(=O)Cc2ccc(CN3CCN(C)CC3)c(C(F)(F)F)c2)cc1C#Cc1cnc2cccnn12.O=O.[HH].[HH].[HH].[HH].[N-]=[N+]=N. The fraction of sp³-hybridized carbons (Fsp3) is 0.266. The predicted molar refractivity (Wildman–Crippen MR) is 400 cm³/mol. The Balaban J connectivity index is 0. The lowest BCUT2D eigenvalue weighted by Crippen LogP contribution is -2.44. The number of carbonyl (C=O) groups excluding carboxylic acids is 2. The molecule has 104 heavy (non-hydrogen) atoms. The van der Waals surface area contributed by atoms with Crippen LogP contribution in [-0.4, -0.2) is 134 Å². The Morgan fingerprint density at radius 2 is 1.00 bits per heavy atom. The molecule has 4 aromatic carbocycles. The normalized spacial score (nSPS) is 11.8. The number of Topliss-reactive ketones (excluding diaryl/α,β-unsaturated/α-hetero) is 1. The van der Waals surface area contributed by atoms with E-state index in [4.69, 9.17) is 37.9 Å². The zero-order valence-corrected chi connectivity index (χ0v) is 56.2. The average Bonchev–Trinajstić information content (AvgIpc) is 1.84. The van der Waals surface area contributed by atoms with E-state index >= 15 is 0 Å². The number of terminal acetylenes is 1. The number of benzene rings is 4. The summed E-state index contributed by atoms with van der Waals surface area (Å²) in [7, 11) is 5.38. The van der Waals surface area contributed by atoms with E-state index in [-0.39, 0.29) is 56.5 Å². The number of likely N-dealkylation sites (N-methyl/N-ethyl adjacent to an activating group) is 2. The van der Waals surface area contributed by atoms with Gasteiger partial charge in [0.05, 0.1) is 36.2 Å². The number of nitrogens with two attached hydrogens (primary N) is 1. The average molecular weight is 1420 g/mol. The molecule has 4 aromatic heterocycles. The number of methoxy groups -OCH3 is 1. The van der Waals surface area contributed by atoms with Gasteiger partial charge >= 0.3 is 18.3 Å². The van der Waals surface area contributed by atoms with Crippen molar-refractivity contribution in [3.63, 3.8) is 0 Å². The first-order valence-electron chi connectivity index (χ1n) is 30.5. The first-order chi connectivity index (χ1) is 49.0.